The van der Waals surface area contributed by atoms with E-state index < -0.39 is 17.5 Å². The minimum Gasteiger partial charge on any atom is -0.322 e. The summed E-state index contributed by atoms with van der Waals surface area (Å²) in [7, 11) is 0. The number of carbonyl (C=O) groups excluding carboxylic acids is 1. The van der Waals surface area contributed by atoms with E-state index in [0.29, 0.717) is 5.56 Å². The molecular weight excluding hydrogens is 382 g/mol. The van der Waals surface area contributed by atoms with Crippen LogP contribution in [0.15, 0.2) is 24.3 Å². The van der Waals surface area contributed by atoms with Crippen molar-refractivity contribution in [2.24, 2.45) is 0 Å². The Hall–Kier alpha value is -2.30. The number of aromatic nitrogens is 1. The number of benzene rings is 1. The summed E-state index contributed by atoms with van der Waals surface area (Å²) in [6.07, 6.45) is 0. The number of halogens is 2. The first-order valence-electron chi connectivity index (χ1n) is 10.6. The molecule has 0 fully saturated rings. The summed E-state index contributed by atoms with van der Waals surface area (Å²) in [5.41, 5.74) is 1.53. The van der Waals surface area contributed by atoms with Gasteiger partial charge in [0.2, 0.25) is 0 Å². The summed E-state index contributed by atoms with van der Waals surface area (Å²) in [6, 6.07) is 5.69. The number of nitrogens with zero attached hydrogens (tertiary/aromatic N) is 1. The molecule has 1 heterocycles. The molecule has 168 valence electrons. The lowest BCUT2D eigenvalue weighted by Gasteiger charge is -2.24. The van der Waals surface area contributed by atoms with Crippen LogP contribution in [-0.2, 0) is 10.8 Å². The van der Waals surface area contributed by atoms with Crippen molar-refractivity contribution in [1.82, 2.24) is 4.98 Å². The maximum atomic E-state index is 13.7. The van der Waals surface area contributed by atoms with E-state index in [0.717, 1.165) is 23.5 Å². The first kappa shape index (κ1) is 27.7. The number of hydrogen-bond donors (Lipinski definition) is 1. The lowest BCUT2D eigenvalue weighted by atomic mass is 9.86. The van der Waals surface area contributed by atoms with Crippen molar-refractivity contribution in [3.63, 3.8) is 0 Å². The summed E-state index contributed by atoms with van der Waals surface area (Å²) < 4.78 is 27.5. The molecular formula is C25H38F2N2O. The molecule has 0 aliphatic heterocycles. The van der Waals surface area contributed by atoms with Crippen LogP contribution < -0.4 is 5.32 Å². The van der Waals surface area contributed by atoms with Crippen LogP contribution in [0, 0.1) is 18.6 Å². The van der Waals surface area contributed by atoms with E-state index in [1.54, 1.807) is 12.1 Å². The first-order chi connectivity index (χ1) is 13.8. The Kier molecular flexibility index (Phi) is 10.3. The maximum Gasteiger partial charge on any atom is 0.255 e. The maximum absolute atomic E-state index is 13.7. The molecule has 30 heavy (non-hydrogen) atoms. The fourth-order valence-electron chi connectivity index (χ4n) is 2.35. The van der Waals surface area contributed by atoms with Gasteiger partial charge in [-0.3, -0.25) is 9.78 Å². The van der Waals surface area contributed by atoms with Crippen LogP contribution >= 0.6 is 0 Å². The van der Waals surface area contributed by atoms with Gasteiger partial charge in [-0.1, -0.05) is 69.2 Å². The van der Waals surface area contributed by atoms with Gasteiger partial charge in [0, 0.05) is 39.0 Å². The monoisotopic (exact) mass is 420 g/mol. The van der Waals surface area contributed by atoms with Crippen LogP contribution in [0.1, 0.15) is 96.5 Å². The molecule has 1 aromatic heterocycles. The second-order valence-electron chi connectivity index (χ2n) is 8.65. The Bertz CT molecular complexity index is 792. The molecule has 0 saturated heterocycles. The van der Waals surface area contributed by atoms with Crippen molar-refractivity contribution in [2.75, 3.05) is 5.32 Å². The summed E-state index contributed by atoms with van der Waals surface area (Å²) in [5, 5.41) is 2.58. The highest BCUT2D eigenvalue weighted by molar-refractivity contribution is 6.04. The average Bonchev–Trinajstić information content (AvgIpc) is 2.67. The molecule has 0 spiro atoms. The molecule has 3 nitrogen and oxygen atoms in total. The number of anilines is 1. The van der Waals surface area contributed by atoms with Gasteiger partial charge in [0.15, 0.2) is 0 Å². The summed E-state index contributed by atoms with van der Waals surface area (Å²) in [5.74, 6) is -1.81. The summed E-state index contributed by atoms with van der Waals surface area (Å²) >= 11 is 0. The topological polar surface area (TPSA) is 42.0 Å². The molecule has 0 aliphatic carbocycles. The van der Waals surface area contributed by atoms with E-state index in [1.807, 2.05) is 69.2 Å². The fourth-order valence-corrected chi connectivity index (χ4v) is 2.35. The van der Waals surface area contributed by atoms with Crippen molar-refractivity contribution in [1.29, 1.82) is 0 Å². The van der Waals surface area contributed by atoms with Crippen molar-refractivity contribution in [3.05, 3.63) is 58.4 Å². The zero-order valence-electron chi connectivity index (χ0n) is 20.4. The number of nitrogens with one attached hydrogen (secondary N) is 1. The summed E-state index contributed by atoms with van der Waals surface area (Å²) in [6.45, 7) is 21.5. The van der Waals surface area contributed by atoms with Gasteiger partial charge in [-0.15, -0.1) is 0 Å². The second-order valence-corrected chi connectivity index (χ2v) is 8.65. The van der Waals surface area contributed by atoms with E-state index in [1.165, 1.54) is 6.92 Å². The number of hydrogen-bond acceptors (Lipinski definition) is 2. The molecule has 0 aliphatic rings. The van der Waals surface area contributed by atoms with Crippen LogP contribution in [0.2, 0.25) is 0 Å². The minimum atomic E-state index is -0.694. The lowest BCUT2D eigenvalue weighted by molar-refractivity contribution is 0.102. The largest absolute Gasteiger partial charge is 0.322 e. The van der Waals surface area contributed by atoms with Gasteiger partial charge in [-0.05, 0) is 31.2 Å². The third kappa shape index (κ3) is 7.51. The third-order valence-corrected chi connectivity index (χ3v) is 4.16. The SMILES string of the molecule is CC.CC.Cc1c(F)cc(NC(=O)c2cc(C(C)(C)C)nc(C(C)(C)C)c2)cc1F. The lowest BCUT2D eigenvalue weighted by Crippen LogP contribution is -2.23. The summed E-state index contributed by atoms with van der Waals surface area (Å²) in [4.78, 5) is 17.4. The Morgan fingerprint density at radius 3 is 1.50 bits per heavy atom. The van der Waals surface area contributed by atoms with Gasteiger partial charge < -0.3 is 5.32 Å². The molecule has 2 rings (SSSR count). The Balaban J connectivity index is 0.00000198. The Morgan fingerprint density at radius 1 is 0.800 bits per heavy atom. The highest BCUT2D eigenvalue weighted by Crippen LogP contribution is 2.28. The molecule has 0 unspecified atom stereocenters. The zero-order valence-corrected chi connectivity index (χ0v) is 20.4. The number of carbonyl (C=O) groups is 1. The van der Waals surface area contributed by atoms with Gasteiger partial charge in [-0.25, -0.2) is 8.78 Å². The fraction of sp³-hybridized carbons (Fsp3) is 0.520. The van der Waals surface area contributed by atoms with Crippen LogP contribution in [0.4, 0.5) is 14.5 Å². The van der Waals surface area contributed by atoms with E-state index >= 15 is 0 Å². The highest BCUT2D eigenvalue weighted by atomic mass is 19.1. The highest BCUT2D eigenvalue weighted by Gasteiger charge is 2.24. The smallest absolute Gasteiger partial charge is 0.255 e. The van der Waals surface area contributed by atoms with Gasteiger partial charge in [0.05, 0.1) is 0 Å². The number of rotatable bonds is 2. The average molecular weight is 421 g/mol. The molecule has 0 saturated carbocycles. The molecule has 0 atom stereocenters. The van der Waals surface area contributed by atoms with Crippen LogP contribution in [0.3, 0.4) is 0 Å². The van der Waals surface area contributed by atoms with Crippen molar-refractivity contribution < 1.29 is 13.6 Å². The van der Waals surface area contributed by atoms with E-state index in [4.69, 9.17) is 4.98 Å². The van der Waals surface area contributed by atoms with Crippen LogP contribution in [0.5, 0.6) is 0 Å². The Labute approximate surface area is 181 Å². The number of pyridine rings is 1. The second kappa shape index (κ2) is 11.2. The first-order valence-corrected chi connectivity index (χ1v) is 10.6. The normalized spacial score (nSPS) is 11.0. The van der Waals surface area contributed by atoms with Crippen molar-refractivity contribution in [3.8, 4) is 0 Å². The zero-order chi connectivity index (χ0) is 23.9. The molecule has 0 radical (unpaired) electrons. The van der Waals surface area contributed by atoms with Gasteiger partial charge in [0.1, 0.15) is 11.6 Å². The molecule has 5 heteroatoms. The molecule has 0 bridgehead atoms. The van der Waals surface area contributed by atoms with Crippen molar-refractivity contribution >= 4 is 11.6 Å². The number of amides is 1. The quantitative estimate of drug-likeness (QED) is 0.544. The predicted molar refractivity (Wildman–Crippen MR) is 123 cm³/mol. The molecule has 1 aromatic carbocycles. The standard InChI is InChI=1S/C21H26F2N2O.2C2H6/c1-12-15(22)10-14(11-16(12)23)24-19(26)13-8-17(20(2,3)4)25-18(9-13)21(5,6)7;2*1-2/h8-11H,1-7H3,(H,24,26);2*1-2H3. The van der Waals surface area contributed by atoms with Crippen molar-refractivity contribution in [2.45, 2.75) is 87.0 Å². The van der Waals surface area contributed by atoms with E-state index in [2.05, 4.69) is 5.32 Å². The molecule has 2 aromatic rings. The van der Waals surface area contributed by atoms with Gasteiger partial charge in [0.25, 0.3) is 5.91 Å². The minimum absolute atomic E-state index is 0.0723. The predicted octanol–water partition coefficient (Wildman–Crippen LogP) is 7.57. The van der Waals surface area contributed by atoms with E-state index in [-0.39, 0.29) is 22.1 Å². The molecule has 1 amide bonds. The van der Waals surface area contributed by atoms with E-state index in [9.17, 15) is 13.6 Å². The van der Waals surface area contributed by atoms with Crippen LogP contribution in [-0.4, -0.2) is 10.9 Å². The van der Waals surface area contributed by atoms with Crippen LogP contribution in [0.25, 0.3) is 0 Å². The Morgan fingerprint density at radius 2 is 1.17 bits per heavy atom. The van der Waals surface area contributed by atoms with Gasteiger partial charge >= 0.3 is 0 Å². The third-order valence-electron chi connectivity index (χ3n) is 4.16. The van der Waals surface area contributed by atoms with Gasteiger partial charge in [-0.2, -0.15) is 0 Å². The molecule has 1 N–H and O–H groups in total.